The van der Waals surface area contributed by atoms with Crippen LogP contribution in [-0.4, -0.2) is 18.0 Å². The van der Waals surface area contributed by atoms with Gasteiger partial charge in [-0.25, -0.2) is 0 Å². The van der Waals surface area contributed by atoms with E-state index in [2.05, 4.69) is 109 Å². The Labute approximate surface area is 285 Å². The van der Waals surface area contributed by atoms with Crippen LogP contribution in [0.15, 0.2) is 128 Å². The second-order valence-corrected chi connectivity index (χ2v) is 17.3. The summed E-state index contributed by atoms with van der Waals surface area (Å²) in [5.41, 5.74) is 10.3. The van der Waals surface area contributed by atoms with Gasteiger partial charge in [0.05, 0.1) is 8.07 Å². The van der Waals surface area contributed by atoms with Gasteiger partial charge in [0.2, 0.25) is 0 Å². The minimum Gasteiger partial charge on any atom is -0.305 e. The molecule has 0 fully saturated rings. The molecule has 0 amide bonds. The van der Waals surface area contributed by atoms with Crippen molar-refractivity contribution in [3.63, 3.8) is 0 Å². The van der Waals surface area contributed by atoms with Crippen molar-refractivity contribution in [2.75, 3.05) is 0 Å². The molecule has 4 heteroatoms. The van der Waals surface area contributed by atoms with Crippen LogP contribution in [0.3, 0.4) is 0 Å². The summed E-state index contributed by atoms with van der Waals surface area (Å²) in [6, 6.07) is 47.4. The third-order valence-electron chi connectivity index (χ3n) is 7.65. The van der Waals surface area contributed by atoms with E-state index in [0.717, 1.165) is 44.9 Å². The molecule has 0 bridgehead atoms. The Kier molecular flexibility index (Phi) is 11.1. The summed E-state index contributed by atoms with van der Waals surface area (Å²) in [5, 5.41) is 1.40. The molecule has 45 heavy (non-hydrogen) atoms. The maximum atomic E-state index is 9.09. The molecule has 0 aliphatic heterocycles. The zero-order valence-corrected chi connectivity index (χ0v) is 30.2. The van der Waals surface area contributed by atoms with E-state index in [0.29, 0.717) is 0 Å². The average Bonchev–Trinajstić information content (AvgIpc) is 3.05. The molecule has 1 unspecified atom stereocenters. The van der Waals surface area contributed by atoms with Crippen LogP contribution in [0.1, 0.15) is 36.6 Å². The Morgan fingerprint density at radius 3 is 1.98 bits per heavy atom. The smallest absolute Gasteiger partial charge is 0.0795 e. The zero-order valence-electron chi connectivity index (χ0n) is 27.9. The molecule has 0 N–H and O–H groups in total. The minimum atomic E-state index is -1.23. The Morgan fingerprint density at radius 1 is 0.667 bits per heavy atom. The van der Waals surface area contributed by atoms with Crippen molar-refractivity contribution in [3.8, 4) is 33.6 Å². The van der Waals surface area contributed by atoms with Crippen LogP contribution in [0.25, 0.3) is 33.6 Å². The first-order valence-electron chi connectivity index (χ1n) is 15.6. The fraction of sp³-hybridized carbons (Fsp3) is 0.171. The van der Waals surface area contributed by atoms with Gasteiger partial charge in [0.15, 0.2) is 0 Å². The Hall–Kier alpha value is -3.95. The molecule has 2 aromatic heterocycles. The van der Waals surface area contributed by atoms with Crippen molar-refractivity contribution in [1.29, 1.82) is 0 Å². The second-order valence-electron chi connectivity index (χ2n) is 12.2. The van der Waals surface area contributed by atoms with Crippen molar-refractivity contribution >= 4 is 13.3 Å². The molecule has 0 aliphatic rings. The van der Waals surface area contributed by atoms with Gasteiger partial charge >= 0.3 is 0 Å². The summed E-state index contributed by atoms with van der Waals surface area (Å²) >= 11 is 0. The maximum Gasteiger partial charge on any atom is 0.0795 e. The molecule has 4 aromatic carbocycles. The number of aromatic nitrogens is 2. The average molecular weight is 782 g/mol. The fourth-order valence-electron chi connectivity index (χ4n) is 5.09. The first-order valence-corrected chi connectivity index (χ1v) is 18.6. The first-order chi connectivity index (χ1) is 21.5. The van der Waals surface area contributed by atoms with Gasteiger partial charge in [-0.1, -0.05) is 105 Å². The predicted octanol–water partition coefficient (Wildman–Crippen LogP) is 10.1. The molecule has 229 valence electrons. The van der Waals surface area contributed by atoms with Gasteiger partial charge in [0.1, 0.15) is 0 Å². The molecular formula is C41H40IrN2Si-2. The van der Waals surface area contributed by atoms with Crippen LogP contribution in [-0.2, 0) is 20.1 Å². The van der Waals surface area contributed by atoms with Crippen LogP contribution < -0.4 is 5.19 Å². The number of rotatable bonds is 6. The van der Waals surface area contributed by atoms with Crippen molar-refractivity contribution < 1.29 is 21.5 Å². The van der Waals surface area contributed by atoms with Crippen molar-refractivity contribution in [2.45, 2.75) is 46.3 Å². The number of benzene rings is 4. The number of hydrogen-bond acceptors (Lipinski definition) is 2. The SMILES string of the molecule is C[Si](C)(C)c1ccc(-c2[c-]cccc2)nc1.[2H]C(C)(c1ccc(-c2ccccc2)cc1)c1cc[c-]c(-c2cc(C)cc(C)n2)c1.[Ir]. The molecule has 0 spiro atoms. The largest absolute Gasteiger partial charge is 0.305 e. The quantitative estimate of drug-likeness (QED) is 0.124. The van der Waals surface area contributed by atoms with E-state index in [9.17, 15) is 0 Å². The van der Waals surface area contributed by atoms with Crippen molar-refractivity contribution in [3.05, 3.63) is 162 Å². The minimum absolute atomic E-state index is 0. The van der Waals surface area contributed by atoms with E-state index < -0.39 is 14.0 Å². The van der Waals surface area contributed by atoms with E-state index in [1.807, 2.05) is 80.7 Å². The number of pyridine rings is 2. The molecular weight excluding hydrogens is 741 g/mol. The monoisotopic (exact) mass is 782 g/mol. The van der Waals surface area contributed by atoms with E-state index in [4.69, 9.17) is 1.37 Å². The van der Waals surface area contributed by atoms with Gasteiger partial charge in [0, 0.05) is 33.4 Å². The molecule has 1 atom stereocenters. The van der Waals surface area contributed by atoms with E-state index in [1.54, 1.807) is 0 Å². The normalized spacial score (nSPS) is 12.5. The van der Waals surface area contributed by atoms with E-state index in [1.165, 1.54) is 16.3 Å². The summed E-state index contributed by atoms with van der Waals surface area (Å²) in [7, 11) is -1.23. The van der Waals surface area contributed by atoms with Gasteiger partial charge in [-0.2, -0.15) is 0 Å². The fourth-order valence-corrected chi connectivity index (χ4v) is 6.12. The van der Waals surface area contributed by atoms with Crippen molar-refractivity contribution in [1.82, 2.24) is 9.97 Å². The first kappa shape index (κ1) is 32.4. The molecule has 2 heterocycles. The van der Waals surface area contributed by atoms with Gasteiger partial charge < -0.3 is 9.97 Å². The molecule has 0 saturated heterocycles. The van der Waals surface area contributed by atoms with Crippen molar-refractivity contribution in [2.24, 2.45) is 0 Å². The molecule has 1 radical (unpaired) electrons. The van der Waals surface area contributed by atoms with Crippen LogP contribution in [0.2, 0.25) is 19.6 Å². The molecule has 0 aliphatic carbocycles. The molecule has 6 aromatic rings. The number of nitrogens with zero attached hydrogens (tertiary/aromatic N) is 2. The maximum absolute atomic E-state index is 9.09. The topological polar surface area (TPSA) is 25.8 Å². The summed E-state index contributed by atoms with van der Waals surface area (Å²) in [6.07, 6.45) is 2.02. The van der Waals surface area contributed by atoms with Gasteiger partial charge in [-0.15, -0.1) is 71.3 Å². The third-order valence-corrected chi connectivity index (χ3v) is 9.68. The van der Waals surface area contributed by atoms with Crippen LogP contribution in [0.4, 0.5) is 0 Å². The van der Waals surface area contributed by atoms with Crippen LogP contribution in [0, 0.1) is 26.0 Å². The molecule has 0 saturated carbocycles. The van der Waals surface area contributed by atoms with Crippen LogP contribution >= 0.6 is 0 Å². The van der Waals surface area contributed by atoms with Crippen LogP contribution in [0.5, 0.6) is 0 Å². The van der Waals surface area contributed by atoms with E-state index in [-0.39, 0.29) is 20.1 Å². The Morgan fingerprint density at radius 2 is 1.36 bits per heavy atom. The number of aryl methyl sites for hydroxylation is 2. The molecule has 6 rings (SSSR count). The summed E-state index contributed by atoms with van der Waals surface area (Å²) in [6.45, 7) is 13.0. The third kappa shape index (κ3) is 9.05. The summed E-state index contributed by atoms with van der Waals surface area (Å²) < 4.78 is 9.09. The standard InChI is InChI=1S/C27H24N.C14H16NSi.Ir/c1-19-16-20(2)28-27(17-19)26-11-7-10-25(18-26)21(3)22-12-14-24(15-13-22)23-8-5-4-6-9-23;1-16(2,3)13-9-10-14(15-11-13)12-7-5-4-6-8-12;/h4-10,12-18,21H,1-3H3;4-7,9-11H,1-3H3;/q2*-1;/i21D;;. The number of hydrogen-bond donors (Lipinski definition) is 0. The van der Waals surface area contributed by atoms with Gasteiger partial charge in [0.25, 0.3) is 0 Å². The van der Waals surface area contributed by atoms with Gasteiger partial charge in [-0.3, -0.25) is 0 Å². The summed E-state index contributed by atoms with van der Waals surface area (Å²) in [4.78, 5) is 9.17. The Balaban J connectivity index is 0.000000240. The van der Waals surface area contributed by atoms with Gasteiger partial charge in [-0.05, 0) is 59.1 Å². The zero-order chi connectivity index (χ0) is 32.0. The Bertz CT molecular complexity index is 1830. The van der Waals surface area contributed by atoms with E-state index >= 15 is 0 Å². The predicted molar refractivity (Wildman–Crippen MR) is 189 cm³/mol. The second kappa shape index (κ2) is 15.4. The molecule has 2 nitrogen and oxygen atoms in total. The summed E-state index contributed by atoms with van der Waals surface area (Å²) in [5.74, 6) is -0.863.